The summed E-state index contributed by atoms with van der Waals surface area (Å²) in [6.45, 7) is 16.6. The van der Waals surface area contributed by atoms with Crippen molar-refractivity contribution in [3.05, 3.63) is 116 Å². The topological polar surface area (TPSA) is 201 Å². The van der Waals surface area contributed by atoms with Gasteiger partial charge >= 0.3 is 36.6 Å². The molecule has 4 fully saturated rings. The van der Waals surface area contributed by atoms with E-state index in [1.165, 1.54) is 38.5 Å². The number of ether oxygens (including phenoxy) is 4. The van der Waals surface area contributed by atoms with Crippen LogP contribution in [0.25, 0.3) is 0 Å². The summed E-state index contributed by atoms with van der Waals surface area (Å²) in [5.74, 6) is -6.56. The van der Waals surface area contributed by atoms with E-state index in [0.717, 1.165) is 116 Å². The highest BCUT2D eigenvalue weighted by Gasteiger charge is 2.42. The molecule has 0 heterocycles. The maximum absolute atomic E-state index is 14.2. The third kappa shape index (κ3) is 19.4. The third-order valence-electron chi connectivity index (χ3n) is 17.1. The van der Waals surface area contributed by atoms with Gasteiger partial charge in [0.15, 0.2) is 0 Å². The van der Waals surface area contributed by atoms with Gasteiger partial charge in [0, 0.05) is 35.4 Å². The molecule has 0 amide bonds. The Balaban J connectivity index is 0.000000220. The van der Waals surface area contributed by atoms with E-state index in [2.05, 4.69) is 65.1 Å². The highest BCUT2D eigenvalue weighted by molar-refractivity contribution is 7.90. The molecule has 2 N–H and O–H groups in total. The SMILES string of the molecule is COC(=O)c1cc([C@@H]2CCCC2(C)C)c(O)cc1F.COC(=O)c1cc([C@@H]2CCCC2(C)C)c(OSOOC(F)(F)F)cc1F.COC(=O)c1cc([C@H]2CCCC2(C)C)c(O)cc1F.COC(=O)c1cc([C@H]2CCCC2(C)C)c(OSOOC(F)(F)F)cc1F. The smallest absolute Gasteiger partial charge is 0.508 e. The molecule has 0 aliphatic heterocycles. The molecule has 4 aromatic rings. The lowest BCUT2D eigenvalue weighted by Gasteiger charge is -2.28. The van der Waals surface area contributed by atoms with Gasteiger partial charge in [0.1, 0.15) is 46.3 Å². The first-order valence-corrected chi connectivity index (χ1v) is 29.7. The van der Waals surface area contributed by atoms with Crippen molar-refractivity contribution in [3.8, 4) is 23.0 Å². The molecule has 0 saturated heterocycles. The average Bonchev–Trinajstić information content (AvgIpc) is 1.59. The predicted molar refractivity (Wildman–Crippen MR) is 309 cm³/mol. The predicted octanol–water partition coefficient (Wildman–Crippen LogP) is 17.9. The van der Waals surface area contributed by atoms with Crippen LogP contribution in [0.1, 0.15) is 220 Å². The van der Waals surface area contributed by atoms with Crippen LogP contribution in [-0.4, -0.2) is 75.3 Å². The first-order chi connectivity index (χ1) is 41.8. The van der Waals surface area contributed by atoms with Crippen molar-refractivity contribution >= 4 is 48.5 Å². The first-order valence-electron chi connectivity index (χ1n) is 28.4. The highest BCUT2D eigenvalue weighted by Crippen LogP contribution is 2.55. The fourth-order valence-corrected chi connectivity index (χ4v) is 13.1. The number of esters is 4. The molecule has 0 unspecified atom stereocenters. The van der Waals surface area contributed by atoms with Crippen LogP contribution < -0.4 is 8.37 Å². The van der Waals surface area contributed by atoms with Gasteiger partial charge in [-0.1, -0.05) is 81.1 Å². The Morgan fingerprint density at radius 2 is 0.644 bits per heavy atom. The number of halogens is 10. The minimum atomic E-state index is -4.99. The lowest BCUT2D eigenvalue weighted by molar-refractivity contribution is -0.441. The van der Waals surface area contributed by atoms with Gasteiger partial charge in [0.2, 0.25) is 0 Å². The van der Waals surface area contributed by atoms with Crippen molar-refractivity contribution in [2.75, 3.05) is 28.4 Å². The molecular weight excluding hydrogens is 1250 g/mol. The fourth-order valence-electron chi connectivity index (χ4n) is 12.4. The summed E-state index contributed by atoms with van der Waals surface area (Å²) in [7, 11) is 4.69. The molecule has 90 heavy (non-hydrogen) atoms. The zero-order chi connectivity index (χ0) is 67.5. The number of hydrogen-bond acceptors (Lipinski definition) is 18. The van der Waals surface area contributed by atoms with Gasteiger partial charge in [-0.25, -0.2) is 36.7 Å². The molecule has 4 saturated carbocycles. The van der Waals surface area contributed by atoms with E-state index in [9.17, 15) is 73.3 Å². The summed E-state index contributed by atoms with van der Waals surface area (Å²) in [4.78, 5) is 52.9. The Bertz CT molecular complexity index is 2960. The number of rotatable bonds is 16. The van der Waals surface area contributed by atoms with Gasteiger partial charge < -0.3 is 37.5 Å². The van der Waals surface area contributed by atoms with Crippen LogP contribution in [-0.2, 0) is 37.4 Å². The van der Waals surface area contributed by atoms with Gasteiger partial charge in [-0.2, -0.15) is 0 Å². The minimum absolute atomic E-state index is 0.0362. The van der Waals surface area contributed by atoms with Gasteiger partial charge in [-0.3, -0.25) is 0 Å². The maximum Gasteiger partial charge on any atom is 0.550 e. The van der Waals surface area contributed by atoms with Crippen LogP contribution in [0.2, 0.25) is 0 Å². The number of phenolic OH excluding ortho intramolecular Hbond substituents is 2. The molecule has 16 nitrogen and oxygen atoms in total. The van der Waals surface area contributed by atoms with Crippen LogP contribution >= 0.6 is 24.6 Å². The van der Waals surface area contributed by atoms with E-state index in [1.54, 1.807) is 0 Å². The molecule has 4 aliphatic rings. The average molecular weight is 1330 g/mol. The highest BCUT2D eigenvalue weighted by atomic mass is 32.2. The molecule has 28 heteroatoms. The second kappa shape index (κ2) is 30.9. The van der Waals surface area contributed by atoms with Crippen molar-refractivity contribution < 1.29 is 119 Å². The number of aromatic hydroxyl groups is 2. The molecule has 0 spiro atoms. The Kier molecular flexibility index (Phi) is 25.6. The number of alkyl halides is 6. The summed E-state index contributed by atoms with van der Waals surface area (Å²) >= 11 is -0.180. The first kappa shape index (κ1) is 74.5. The molecule has 8 rings (SSSR count). The van der Waals surface area contributed by atoms with Crippen LogP contribution in [0.3, 0.4) is 0 Å². The number of phenols is 2. The summed E-state index contributed by atoms with van der Waals surface area (Å²) in [5.41, 5.74) is 1.30. The van der Waals surface area contributed by atoms with E-state index >= 15 is 0 Å². The van der Waals surface area contributed by atoms with E-state index in [-0.39, 0.29) is 115 Å². The van der Waals surface area contributed by atoms with Gasteiger partial charge in [-0.15, -0.1) is 44.8 Å². The number of carbonyl (C=O) groups excluding carboxylic acids is 4. The second-order valence-electron chi connectivity index (χ2n) is 24.7. The molecular formula is C62H74F10O16S2. The molecule has 500 valence electrons. The monoisotopic (exact) mass is 1330 g/mol. The number of methoxy groups -OCH3 is 4. The zero-order valence-corrected chi connectivity index (χ0v) is 53.3. The van der Waals surface area contributed by atoms with Crippen LogP contribution in [0.15, 0.2) is 48.5 Å². The molecule has 4 aliphatic carbocycles. The number of hydrogen-bond donors (Lipinski definition) is 2. The Labute approximate surface area is 523 Å². The van der Waals surface area contributed by atoms with E-state index in [4.69, 9.17) is 8.37 Å². The molecule has 0 aromatic heterocycles. The van der Waals surface area contributed by atoms with Crippen molar-refractivity contribution in [3.63, 3.8) is 0 Å². The largest absolute Gasteiger partial charge is 0.550 e. The maximum atomic E-state index is 14.2. The van der Waals surface area contributed by atoms with Crippen molar-refractivity contribution in [2.24, 2.45) is 21.7 Å². The number of benzene rings is 4. The lowest BCUT2D eigenvalue weighted by Crippen LogP contribution is -2.17. The van der Waals surface area contributed by atoms with Gasteiger partial charge in [0.05, 0.1) is 50.7 Å². The fraction of sp³-hybridized carbons (Fsp3) is 0.548. The van der Waals surface area contributed by atoms with Crippen LogP contribution in [0.4, 0.5) is 43.9 Å². The molecule has 4 aromatic carbocycles. The standard InChI is InChI=1S/2C16H18F4O5S.2C15H19FO3/c2*1-15(2)6-4-5-11(15)9-7-10(14(21)22-3)12(17)8-13(9)23-26-25-24-16(18,19)20;2*1-15(2)6-4-5-11(15)9-7-10(14(18)19-3)12(16)8-13(9)17/h2*7-8,11H,4-6H2,1-3H3;2*7-8,11,17H,4-6H2,1-3H3/t4*11-/m1010/s1. The minimum Gasteiger partial charge on any atom is -0.508 e. The summed E-state index contributed by atoms with van der Waals surface area (Å²) < 4.78 is 163. The Morgan fingerprint density at radius 3 is 0.867 bits per heavy atom. The number of carbonyl (C=O) groups is 4. The Hall–Kier alpha value is -6.20. The molecule has 0 radical (unpaired) electrons. The van der Waals surface area contributed by atoms with Crippen molar-refractivity contribution in [1.82, 2.24) is 0 Å². The molecule has 0 bridgehead atoms. The quantitative estimate of drug-likeness (QED) is 0.0204. The second-order valence-corrected chi connectivity index (χ2v) is 25.6. The zero-order valence-electron chi connectivity index (χ0n) is 51.6. The third-order valence-corrected chi connectivity index (χ3v) is 17.9. The van der Waals surface area contributed by atoms with Crippen LogP contribution in [0.5, 0.6) is 23.0 Å². The normalized spacial score (nSPS) is 20.2. The summed E-state index contributed by atoms with van der Waals surface area (Å²) in [5, 5.41) is 19.9. The van der Waals surface area contributed by atoms with Gasteiger partial charge in [0.25, 0.3) is 24.6 Å². The summed E-state index contributed by atoms with van der Waals surface area (Å²) in [6, 6.07) is 9.40. The van der Waals surface area contributed by atoms with E-state index < -0.39 is 59.9 Å². The van der Waals surface area contributed by atoms with Gasteiger partial charge in [-0.05, 0) is 132 Å². The molecule has 4 atom stereocenters. The summed E-state index contributed by atoms with van der Waals surface area (Å²) in [6.07, 6.45) is 1.32. The van der Waals surface area contributed by atoms with E-state index in [1.807, 2.05) is 27.7 Å². The van der Waals surface area contributed by atoms with Crippen molar-refractivity contribution in [2.45, 2.75) is 169 Å². The van der Waals surface area contributed by atoms with E-state index in [0.29, 0.717) is 22.3 Å². The van der Waals surface area contributed by atoms with Crippen molar-refractivity contribution in [1.29, 1.82) is 0 Å². The Morgan fingerprint density at radius 1 is 0.411 bits per heavy atom. The van der Waals surface area contributed by atoms with Crippen LogP contribution in [0, 0.1) is 44.9 Å². The lowest BCUT2D eigenvalue weighted by atomic mass is 9.77.